The molecule has 0 radical (unpaired) electrons. The molecule has 0 aliphatic rings. The predicted octanol–water partition coefficient (Wildman–Crippen LogP) is 0.0453. The molecular formula is C9H17F3N2O3. The van der Waals surface area contributed by atoms with E-state index in [0.29, 0.717) is 13.0 Å². The lowest BCUT2D eigenvalue weighted by molar-refractivity contribution is -0.175. The molecule has 0 heterocycles. The maximum atomic E-state index is 11.7. The van der Waals surface area contributed by atoms with Crippen LogP contribution in [0, 0.1) is 0 Å². The summed E-state index contributed by atoms with van der Waals surface area (Å²) in [6.07, 6.45) is -3.93. The molecule has 1 unspecified atom stereocenters. The Kier molecular flexibility index (Phi) is 7.85. The SMILES string of the molecule is COCC(N)CCNC(=O)COCC(F)(F)F. The molecular weight excluding hydrogens is 241 g/mol. The highest BCUT2D eigenvalue weighted by molar-refractivity contribution is 5.77. The molecule has 0 aliphatic carbocycles. The van der Waals surface area contributed by atoms with E-state index >= 15 is 0 Å². The summed E-state index contributed by atoms with van der Waals surface area (Å²) in [7, 11) is 1.50. The van der Waals surface area contributed by atoms with E-state index in [1.54, 1.807) is 0 Å². The maximum Gasteiger partial charge on any atom is 0.411 e. The van der Waals surface area contributed by atoms with Crippen LogP contribution in [0.15, 0.2) is 0 Å². The quantitative estimate of drug-likeness (QED) is 0.645. The number of hydrogen-bond acceptors (Lipinski definition) is 4. The maximum absolute atomic E-state index is 11.7. The minimum Gasteiger partial charge on any atom is -0.383 e. The van der Waals surface area contributed by atoms with Gasteiger partial charge in [-0.2, -0.15) is 13.2 Å². The van der Waals surface area contributed by atoms with Crippen LogP contribution in [-0.2, 0) is 14.3 Å². The van der Waals surface area contributed by atoms with Gasteiger partial charge in [0.15, 0.2) is 0 Å². The number of alkyl halides is 3. The summed E-state index contributed by atoms with van der Waals surface area (Å²) in [6, 6.07) is -0.212. The predicted molar refractivity (Wildman–Crippen MR) is 54.4 cm³/mol. The number of rotatable bonds is 8. The molecule has 1 atom stereocenters. The van der Waals surface area contributed by atoms with Crippen molar-refractivity contribution in [3.05, 3.63) is 0 Å². The number of nitrogens with two attached hydrogens (primary N) is 1. The molecule has 0 rings (SSSR count). The Bertz CT molecular complexity index is 224. The lowest BCUT2D eigenvalue weighted by Gasteiger charge is -2.11. The van der Waals surface area contributed by atoms with E-state index in [1.807, 2.05) is 0 Å². The Morgan fingerprint density at radius 3 is 2.65 bits per heavy atom. The fourth-order valence-corrected chi connectivity index (χ4v) is 1.00. The van der Waals surface area contributed by atoms with Crippen LogP contribution in [0.25, 0.3) is 0 Å². The van der Waals surface area contributed by atoms with Gasteiger partial charge in [-0.3, -0.25) is 4.79 Å². The highest BCUT2D eigenvalue weighted by Crippen LogP contribution is 2.13. The summed E-state index contributed by atoms with van der Waals surface area (Å²) in [6.45, 7) is -1.40. The fraction of sp³-hybridized carbons (Fsp3) is 0.889. The van der Waals surface area contributed by atoms with Crippen LogP contribution in [-0.4, -0.2) is 51.6 Å². The van der Waals surface area contributed by atoms with Crippen LogP contribution in [0.2, 0.25) is 0 Å². The van der Waals surface area contributed by atoms with Crippen molar-refractivity contribution in [2.75, 3.05) is 33.5 Å². The molecule has 3 N–H and O–H groups in total. The van der Waals surface area contributed by atoms with Gasteiger partial charge < -0.3 is 20.5 Å². The van der Waals surface area contributed by atoms with Gasteiger partial charge in [-0.1, -0.05) is 0 Å². The van der Waals surface area contributed by atoms with Crippen LogP contribution in [0.3, 0.4) is 0 Å². The zero-order valence-electron chi connectivity index (χ0n) is 9.55. The zero-order valence-corrected chi connectivity index (χ0v) is 9.55. The lowest BCUT2D eigenvalue weighted by Crippen LogP contribution is -2.35. The smallest absolute Gasteiger partial charge is 0.383 e. The van der Waals surface area contributed by atoms with Crippen LogP contribution in [0.5, 0.6) is 0 Å². The topological polar surface area (TPSA) is 73.6 Å². The second-order valence-corrected chi connectivity index (χ2v) is 3.46. The summed E-state index contributed by atoms with van der Waals surface area (Å²) in [5.41, 5.74) is 5.57. The molecule has 0 saturated carbocycles. The van der Waals surface area contributed by atoms with Gasteiger partial charge in [0.1, 0.15) is 13.2 Å². The molecule has 5 nitrogen and oxygen atoms in total. The highest BCUT2D eigenvalue weighted by atomic mass is 19.4. The van der Waals surface area contributed by atoms with E-state index in [-0.39, 0.29) is 12.6 Å². The molecule has 0 aromatic heterocycles. The highest BCUT2D eigenvalue weighted by Gasteiger charge is 2.27. The first kappa shape index (κ1) is 16.1. The average molecular weight is 258 g/mol. The van der Waals surface area contributed by atoms with E-state index in [0.717, 1.165) is 0 Å². The molecule has 0 spiro atoms. The number of amides is 1. The van der Waals surface area contributed by atoms with E-state index < -0.39 is 25.3 Å². The van der Waals surface area contributed by atoms with Gasteiger partial charge in [0, 0.05) is 19.7 Å². The van der Waals surface area contributed by atoms with Crippen molar-refractivity contribution in [1.29, 1.82) is 0 Å². The normalized spacial score (nSPS) is 13.5. The molecule has 8 heteroatoms. The molecule has 102 valence electrons. The van der Waals surface area contributed by atoms with E-state index in [1.165, 1.54) is 7.11 Å². The summed E-state index contributed by atoms with van der Waals surface area (Å²) >= 11 is 0. The van der Waals surface area contributed by atoms with Gasteiger partial charge in [0.25, 0.3) is 0 Å². The van der Waals surface area contributed by atoms with E-state index in [4.69, 9.17) is 10.5 Å². The van der Waals surface area contributed by atoms with Crippen LogP contribution >= 0.6 is 0 Å². The molecule has 0 bridgehead atoms. The van der Waals surface area contributed by atoms with Crippen molar-refractivity contribution in [2.24, 2.45) is 5.73 Å². The second-order valence-electron chi connectivity index (χ2n) is 3.46. The van der Waals surface area contributed by atoms with Crippen molar-refractivity contribution in [2.45, 2.75) is 18.6 Å². The summed E-state index contributed by atoms with van der Waals surface area (Å²) in [5, 5.41) is 2.39. The fourth-order valence-electron chi connectivity index (χ4n) is 1.00. The van der Waals surface area contributed by atoms with Crippen molar-refractivity contribution in [3.63, 3.8) is 0 Å². The number of nitrogens with one attached hydrogen (secondary N) is 1. The van der Waals surface area contributed by atoms with Gasteiger partial charge in [-0.25, -0.2) is 0 Å². The Morgan fingerprint density at radius 2 is 2.12 bits per heavy atom. The Labute approximate surface area is 97.4 Å². The third kappa shape index (κ3) is 11.4. The summed E-state index contributed by atoms with van der Waals surface area (Å²) in [5.74, 6) is -0.598. The first-order valence-electron chi connectivity index (χ1n) is 5.01. The standard InChI is InChI=1S/C9H17F3N2O3/c1-16-4-7(13)2-3-14-8(15)5-17-6-9(10,11)12/h7H,2-6,13H2,1H3,(H,14,15). The lowest BCUT2D eigenvalue weighted by atomic mass is 10.2. The number of methoxy groups -OCH3 is 1. The number of hydrogen-bond donors (Lipinski definition) is 2. The minimum atomic E-state index is -4.42. The number of ether oxygens (including phenoxy) is 2. The van der Waals surface area contributed by atoms with Crippen LogP contribution in [0.4, 0.5) is 13.2 Å². The summed E-state index contributed by atoms with van der Waals surface area (Å²) < 4.78 is 43.9. The van der Waals surface area contributed by atoms with Crippen molar-refractivity contribution < 1.29 is 27.4 Å². The van der Waals surface area contributed by atoms with Gasteiger partial charge in [0.2, 0.25) is 5.91 Å². The zero-order chi connectivity index (χ0) is 13.3. The third-order valence-corrected chi connectivity index (χ3v) is 1.72. The van der Waals surface area contributed by atoms with Gasteiger partial charge in [-0.05, 0) is 6.42 Å². The number of halogens is 3. The molecule has 0 aliphatic heterocycles. The van der Waals surface area contributed by atoms with Crippen molar-refractivity contribution in [1.82, 2.24) is 5.32 Å². The Hall–Kier alpha value is -0.860. The number of carbonyl (C=O) groups excluding carboxylic acids is 1. The van der Waals surface area contributed by atoms with E-state index in [9.17, 15) is 18.0 Å². The van der Waals surface area contributed by atoms with Crippen molar-refractivity contribution >= 4 is 5.91 Å². The van der Waals surface area contributed by atoms with Crippen molar-refractivity contribution in [3.8, 4) is 0 Å². The average Bonchev–Trinajstić information content (AvgIpc) is 2.16. The molecule has 0 saturated heterocycles. The molecule has 1 amide bonds. The Balaban J connectivity index is 3.47. The van der Waals surface area contributed by atoms with Gasteiger partial charge in [-0.15, -0.1) is 0 Å². The monoisotopic (exact) mass is 258 g/mol. The third-order valence-electron chi connectivity index (χ3n) is 1.72. The van der Waals surface area contributed by atoms with Gasteiger partial charge >= 0.3 is 6.18 Å². The summed E-state index contributed by atoms with van der Waals surface area (Å²) in [4.78, 5) is 11.0. The first-order valence-corrected chi connectivity index (χ1v) is 5.01. The molecule has 0 aromatic carbocycles. The largest absolute Gasteiger partial charge is 0.411 e. The van der Waals surface area contributed by atoms with Crippen LogP contribution < -0.4 is 11.1 Å². The first-order chi connectivity index (χ1) is 7.85. The van der Waals surface area contributed by atoms with E-state index in [2.05, 4.69) is 10.1 Å². The molecule has 0 aromatic rings. The Morgan fingerprint density at radius 1 is 1.47 bits per heavy atom. The second kappa shape index (κ2) is 8.26. The van der Waals surface area contributed by atoms with Crippen LogP contribution in [0.1, 0.15) is 6.42 Å². The van der Waals surface area contributed by atoms with Gasteiger partial charge in [0.05, 0.1) is 6.61 Å². The minimum absolute atomic E-state index is 0.212. The molecule has 0 fully saturated rings. The molecule has 17 heavy (non-hydrogen) atoms. The number of carbonyl (C=O) groups is 1.